The topological polar surface area (TPSA) is 55.1 Å². The van der Waals surface area contributed by atoms with Crippen LogP contribution in [-0.2, 0) is 11.2 Å². The zero-order chi connectivity index (χ0) is 20.9. The van der Waals surface area contributed by atoms with E-state index in [1.165, 1.54) is 5.56 Å². The quantitative estimate of drug-likeness (QED) is 0.363. The second kappa shape index (κ2) is 8.95. The number of unbranched alkanes of at least 4 members (excludes halogenated alkanes) is 1. The molecule has 1 unspecified atom stereocenters. The van der Waals surface area contributed by atoms with Crippen molar-refractivity contribution in [2.45, 2.75) is 32.6 Å². The molecule has 4 heteroatoms. The van der Waals surface area contributed by atoms with Gasteiger partial charge >= 0.3 is 5.97 Å². The van der Waals surface area contributed by atoms with Gasteiger partial charge in [-0.15, -0.1) is 0 Å². The van der Waals surface area contributed by atoms with Crippen LogP contribution in [0, 0.1) is 5.92 Å². The van der Waals surface area contributed by atoms with Crippen LogP contribution in [0.15, 0.2) is 78.9 Å². The van der Waals surface area contributed by atoms with E-state index >= 15 is 0 Å². The molecule has 4 aromatic rings. The summed E-state index contributed by atoms with van der Waals surface area (Å²) in [6.07, 6.45) is 3.55. The number of hydrogen-bond acceptors (Lipinski definition) is 2. The summed E-state index contributed by atoms with van der Waals surface area (Å²) < 4.78 is 2.22. The monoisotopic (exact) mass is 398 g/mol. The number of fused-ring (bicyclic) bond motifs is 1. The largest absolute Gasteiger partial charge is 0.481 e. The van der Waals surface area contributed by atoms with Gasteiger partial charge in [-0.25, -0.2) is 4.98 Å². The number of para-hydroxylation sites is 1. The Balaban J connectivity index is 1.66. The lowest BCUT2D eigenvalue weighted by Gasteiger charge is -2.10. The number of carboxylic acids is 1. The number of aliphatic carboxylic acids is 1. The molecular formula is C26H26N2O2. The van der Waals surface area contributed by atoms with Crippen LogP contribution in [0.5, 0.6) is 0 Å². The summed E-state index contributed by atoms with van der Waals surface area (Å²) in [5.41, 5.74) is 5.49. The van der Waals surface area contributed by atoms with E-state index in [0.29, 0.717) is 0 Å². The van der Waals surface area contributed by atoms with Crippen molar-refractivity contribution < 1.29 is 9.90 Å². The number of aryl methyl sites for hydroxylation is 1. The maximum Gasteiger partial charge on any atom is 0.306 e. The van der Waals surface area contributed by atoms with E-state index in [4.69, 9.17) is 10.1 Å². The van der Waals surface area contributed by atoms with Crippen LogP contribution in [0.25, 0.3) is 28.1 Å². The SMILES string of the molecule is CC(CCCCc1ccc2nc(-c3ccccc3)n(-c3ccccc3)c2c1)C(=O)O. The van der Waals surface area contributed by atoms with Crippen LogP contribution in [0.2, 0.25) is 0 Å². The van der Waals surface area contributed by atoms with Crippen LogP contribution in [0.1, 0.15) is 31.7 Å². The van der Waals surface area contributed by atoms with Gasteiger partial charge in [0.15, 0.2) is 0 Å². The molecule has 0 amide bonds. The maximum absolute atomic E-state index is 11.0. The lowest BCUT2D eigenvalue weighted by atomic mass is 10.0. The Morgan fingerprint density at radius 3 is 2.37 bits per heavy atom. The molecule has 0 aliphatic carbocycles. The number of rotatable bonds is 8. The highest BCUT2D eigenvalue weighted by Crippen LogP contribution is 2.29. The van der Waals surface area contributed by atoms with Gasteiger partial charge in [0, 0.05) is 11.3 Å². The van der Waals surface area contributed by atoms with Crippen LogP contribution in [0.4, 0.5) is 0 Å². The summed E-state index contributed by atoms with van der Waals surface area (Å²) >= 11 is 0. The first-order valence-electron chi connectivity index (χ1n) is 10.5. The van der Waals surface area contributed by atoms with Crippen molar-refractivity contribution in [1.82, 2.24) is 9.55 Å². The molecule has 1 aromatic heterocycles. The van der Waals surface area contributed by atoms with Gasteiger partial charge in [-0.2, -0.15) is 0 Å². The van der Waals surface area contributed by atoms with Gasteiger partial charge in [-0.3, -0.25) is 9.36 Å². The third kappa shape index (κ3) is 4.28. The average Bonchev–Trinajstić information content (AvgIpc) is 3.16. The fourth-order valence-electron chi connectivity index (χ4n) is 3.80. The van der Waals surface area contributed by atoms with Gasteiger partial charge in [0.05, 0.1) is 17.0 Å². The summed E-state index contributed by atoms with van der Waals surface area (Å²) in [7, 11) is 0. The predicted octanol–water partition coefficient (Wildman–Crippen LogP) is 6.13. The molecule has 0 saturated carbocycles. The molecule has 0 spiro atoms. The average molecular weight is 399 g/mol. The summed E-state index contributed by atoms with van der Waals surface area (Å²) in [6.45, 7) is 1.78. The Hall–Kier alpha value is -3.40. The Kier molecular flexibility index (Phi) is 5.94. The molecule has 30 heavy (non-hydrogen) atoms. The minimum atomic E-state index is -0.711. The third-order valence-corrected chi connectivity index (χ3v) is 5.54. The van der Waals surface area contributed by atoms with Crippen molar-refractivity contribution >= 4 is 17.0 Å². The zero-order valence-electron chi connectivity index (χ0n) is 17.2. The smallest absolute Gasteiger partial charge is 0.306 e. The Morgan fingerprint density at radius 1 is 0.967 bits per heavy atom. The van der Waals surface area contributed by atoms with E-state index in [9.17, 15) is 4.79 Å². The molecule has 3 aromatic carbocycles. The highest BCUT2D eigenvalue weighted by molar-refractivity contribution is 5.83. The number of benzene rings is 3. The highest BCUT2D eigenvalue weighted by atomic mass is 16.4. The predicted molar refractivity (Wildman–Crippen MR) is 121 cm³/mol. The van der Waals surface area contributed by atoms with E-state index in [0.717, 1.165) is 53.8 Å². The first-order valence-corrected chi connectivity index (χ1v) is 10.5. The van der Waals surface area contributed by atoms with Crippen molar-refractivity contribution in [3.8, 4) is 17.1 Å². The van der Waals surface area contributed by atoms with Crippen molar-refractivity contribution in [3.63, 3.8) is 0 Å². The molecule has 0 aliphatic heterocycles. The van der Waals surface area contributed by atoms with E-state index in [1.807, 2.05) is 36.4 Å². The van der Waals surface area contributed by atoms with E-state index in [2.05, 4.69) is 47.0 Å². The van der Waals surface area contributed by atoms with E-state index in [-0.39, 0.29) is 5.92 Å². The molecule has 0 fully saturated rings. The van der Waals surface area contributed by atoms with Crippen LogP contribution in [0.3, 0.4) is 0 Å². The maximum atomic E-state index is 11.0. The molecule has 0 bridgehead atoms. The van der Waals surface area contributed by atoms with Crippen molar-refractivity contribution in [1.29, 1.82) is 0 Å². The third-order valence-electron chi connectivity index (χ3n) is 5.54. The van der Waals surface area contributed by atoms with Gasteiger partial charge < -0.3 is 5.11 Å². The fourth-order valence-corrected chi connectivity index (χ4v) is 3.80. The normalized spacial score (nSPS) is 12.2. The number of carboxylic acid groups (broad SMARTS) is 1. The lowest BCUT2D eigenvalue weighted by Crippen LogP contribution is -2.08. The molecule has 0 radical (unpaired) electrons. The lowest BCUT2D eigenvalue weighted by molar-refractivity contribution is -0.141. The minimum Gasteiger partial charge on any atom is -0.481 e. The standard InChI is InChI=1S/C26H26N2O2/c1-19(26(29)30)10-8-9-11-20-16-17-23-24(18-20)28(22-14-6-3-7-15-22)25(27-23)21-12-4-2-5-13-21/h2-7,12-19H,8-11H2,1H3,(H,29,30). The number of nitrogens with zero attached hydrogens (tertiary/aromatic N) is 2. The zero-order valence-corrected chi connectivity index (χ0v) is 17.2. The summed E-state index contributed by atoms with van der Waals surface area (Å²) in [5, 5.41) is 9.04. The van der Waals surface area contributed by atoms with Crippen molar-refractivity contribution in [2.75, 3.05) is 0 Å². The van der Waals surface area contributed by atoms with E-state index in [1.54, 1.807) is 6.92 Å². The molecule has 1 N–H and O–H groups in total. The first kappa shape index (κ1) is 19.9. The summed E-state index contributed by atoms with van der Waals surface area (Å²) in [5.74, 6) is -0.0544. The Morgan fingerprint density at radius 2 is 1.67 bits per heavy atom. The second-order valence-corrected chi connectivity index (χ2v) is 7.78. The second-order valence-electron chi connectivity index (χ2n) is 7.78. The van der Waals surface area contributed by atoms with Crippen LogP contribution < -0.4 is 0 Å². The Bertz CT molecular complexity index is 1130. The van der Waals surface area contributed by atoms with Crippen LogP contribution in [-0.4, -0.2) is 20.6 Å². The molecule has 1 atom stereocenters. The molecule has 0 aliphatic rings. The van der Waals surface area contributed by atoms with Gasteiger partial charge in [-0.1, -0.05) is 67.9 Å². The van der Waals surface area contributed by atoms with Gasteiger partial charge in [0.25, 0.3) is 0 Å². The molecule has 4 rings (SSSR count). The number of carbonyl (C=O) groups is 1. The number of aromatic nitrogens is 2. The number of hydrogen-bond donors (Lipinski definition) is 1. The van der Waals surface area contributed by atoms with Crippen molar-refractivity contribution in [3.05, 3.63) is 84.4 Å². The Labute approximate surface area is 176 Å². The highest BCUT2D eigenvalue weighted by Gasteiger charge is 2.15. The molecule has 0 saturated heterocycles. The van der Waals surface area contributed by atoms with Gasteiger partial charge in [-0.05, 0) is 49.1 Å². The minimum absolute atomic E-state index is 0.277. The summed E-state index contributed by atoms with van der Waals surface area (Å²) in [4.78, 5) is 15.9. The van der Waals surface area contributed by atoms with Gasteiger partial charge in [0.2, 0.25) is 0 Å². The summed E-state index contributed by atoms with van der Waals surface area (Å²) in [6, 6.07) is 27.0. The molecule has 1 heterocycles. The number of imidazole rings is 1. The van der Waals surface area contributed by atoms with E-state index < -0.39 is 5.97 Å². The first-order chi connectivity index (χ1) is 14.6. The molecule has 152 valence electrons. The van der Waals surface area contributed by atoms with Crippen molar-refractivity contribution in [2.24, 2.45) is 5.92 Å². The van der Waals surface area contributed by atoms with Crippen LogP contribution >= 0.6 is 0 Å². The fraction of sp³-hybridized carbons (Fsp3) is 0.231. The molecular weight excluding hydrogens is 372 g/mol. The molecule has 4 nitrogen and oxygen atoms in total. The van der Waals surface area contributed by atoms with Gasteiger partial charge in [0.1, 0.15) is 5.82 Å².